The number of anilines is 1. The molecule has 0 fully saturated rings. The summed E-state index contributed by atoms with van der Waals surface area (Å²) in [4.78, 5) is 30.2. The first-order chi connectivity index (χ1) is 11.5. The monoisotopic (exact) mass is 326 g/mol. The van der Waals surface area contributed by atoms with Crippen LogP contribution in [-0.4, -0.2) is 35.1 Å². The van der Waals surface area contributed by atoms with Gasteiger partial charge in [-0.05, 0) is 31.0 Å². The Balaban J connectivity index is 2.01. The molecule has 2 aromatic rings. The average Bonchev–Trinajstić information content (AvgIpc) is 2.60. The molecule has 1 amide bonds. The first-order valence-corrected chi connectivity index (χ1v) is 7.68. The number of carbonyl (C=O) groups is 2. The quantitative estimate of drug-likeness (QED) is 0.938. The first-order valence-electron chi connectivity index (χ1n) is 7.68. The lowest BCUT2D eigenvalue weighted by molar-refractivity contribution is -0.139. The number of amides is 1. The fourth-order valence-electron chi connectivity index (χ4n) is 3.12. The van der Waals surface area contributed by atoms with E-state index in [0.717, 1.165) is 0 Å². The highest BCUT2D eigenvalue weighted by atomic mass is 16.5. The van der Waals surface area contributed by atoms with Gasteiger partial charge in [0, 0.05) is 24.0 Å². The first kappa shape index (κ1) is 16.0. The smallest absolute Gasteiger partial charge is 0.311 e. The molecule has 24 heavy (non-hydrogen) atoms. The molecule has 1 aromatic carbocycles. The van der Waals surface area contributed by atoms with Crippen molar-refractivity contribution in [2.75, 3.05) is 12.0 Å². The number of methoxy groups -OCH3 is 1. The molecule has 2 heterocycles. The summed E-state index contributed by atoms with van der Waals surface area (Å²) < 4.78 is 5.01. The van der Waals surface area contributed by atoms with Crippen LogP contribution in [-0.2, 0) is 4.79 Å². The minimum atomic E-state index is -0.868. The fourth-order valence-corrected chi connectivity index (χ4v) is 3.12. The summed E-state index contributed by atoms with van der Waals surface area (Å²) in [6.07, 6.45) is 1.85. The van der Waals surface area contributed by atoms with Crippen molar-refractivity contribution in [1.82, 2.24) is 4.98 Å². The van der Waals surface area contributed by atoms with Crippen LogP contribution in [0.15, 0.2) is 42.6 Å². The highest BCUT2D eigenvalue weighted by Gasteiger charge is 2.37. The number of carbonyl (C=O) groups excluding carboxylic acids is 1. The van der Waals surface area contributed by atoms with Crippen LogP contribution in [0.25, 0.3) is 0 Å². The third-order valence-corrected chi connectivity index (χ3v) is 4.30. The molecule has 0 saturated heterocycles. The third-order valence-electron chi connectivity index (χ3n) is 4.30. The number of pyridine rings is 1. The lowest BCUT2D eigenvalue weighted by atomic mass is 9.86. The zero-order valence-electron chi connectivity index (χ0n) is 13.5. The van der Waals surface area contributed by atoms with Crippen molar-refractivity contribution < 1.29 is 19.4 Å². The Kier molecular flexibility index (Phi) is 4.20. The molecule has 3 rings (SSSR count). The second-order valence-electron chi connectivity index (χ2n) is 5.80. The molecule has 6 heteroatoms. The maximum absolute atomic E-state index is 12.9. The summed E-state index contributed by atoms with van der Waals surface area (Å²) >= 11 is 0. The van der Waals surface area contributed by atoms with E-state index in [1.165, 1.54) is 13.3 Å². The molecule has 0 bridgehead atoms. The molecule has 0 spiro atoms. The fraction of sp³-hybridized carbons (Fsp3) is 0.278. The van der Waals surface area contributed by atoms with Crippen molar-refractivity contribution in [2.24, 2.45) is 0 Å². The standard InChI is InChI=1S/C18H18N2O4/c1-11-9-14(18(22)23)13-5-3-4-6-15(13)20(11)17(21)12-7-8-16(24-2)19-10-12/h3-8,10-11,14H,9H2,1-2H3,(H,22,23)/t11-,14-/m1/s1. The Hall–Kier alpha value is -2.89. The normalized spacial score (nSPS) is 19.5. The van der Waals surface area contributed by atoms with E-state index in [1.807, 2.05) is 13.0 Å². The van der Waals surface area contributed by atoms with Crippen molar-refractivity contribution in [1.29, 1.82) is 0 Å². The van der Waals surface area contributed by atoms with Gasteiger partial charge < -0.3 is 14.7 Å². The zero-order chi connectivity index (χ0) is 17.3. The number of nitrogens with zero attached hydrogens (tertiary/aromatic N) is 2. The summed E-state index contributed by atoms with van der Waals surface area (Å²) in [6, 6.07) is 10.2. The second-order valence-corrected chi connectivity index (χ2v) is 5.80. The Morgan fingerprint density at radius 3 is 2.62 bits per heavy atom. The van der Waals surface area contributed by atoms with Gasteiger partial charge in [0.15, 0.2) is 0 Å². The van der Waals surface area contributed by atoms with Gasteiger partial charge in [-0.2, -0.15) is 0 Å². The van der Waals surface area contributed by atoms with Gasteiger partial charge in [-0.25, -0.2) is 4.98 Å². The van der Waals surface area contributed by atoms with Crippen LogP contribution >= 0.6 is 0 Å². The number of rotatable bonds is 3. The van der Waals surface area contributed by atoms with Gasteiger partial charge in [0.1, 0.15) is 0 Å². The summed E-state index contributed by atoms with van der Waals surface area (Å²) in [6.45, 7) is 1.86. The SMILES string of the molecule is COc1ccc(C(=O)N2c3ccccc3[C@H](C(=O)O)C[C@H]2C)cn1. The topological polar surface area (TPSA) is 79.7 Å². The van der Waals surface area contributed by atoms with E-state index in [1.54, 1.807) is 35.2 Å². The lowest BCUT2D eigenvalue weighted by Crippen LogP contribution is -2.44. The van der Waals surface area contributed by atoms with Crippen LogP contribution in [0.5, 0.6) is 5.88 Å². The van der Waals surface area contributed by atoms with E-state index in [-0.39, 0.29) is 11.9 Å². The van der Waals surface area contributed by atoms with Crippen molar-refractivity contribution in [3.8, 4) is 5.88 Å². The molecule has 1 N–H and O–H groups in total. The van der Waals surface area contributed by atoms with Crippen LogP contribution in [0.4, 0.5) is 5.69 Å². The Labute approximate surface area is 139 Å². The highest BCUT2D eigenvalue weighted by molar-refractivity contribution is 6.07. The van der Waals surface area contributed by atoms with Gasteiger partial charge in [-0.15, -0.1) is 0 Å². The minimum absolute atomic E-state index is 0.200. The highest BCUT2D eigenvalue weighted by Crippen LogP contribution is 2.39. The largest absolute Gasteiger partial charge is 0.481 e. The van der Waals surface area contributed by atoms with E-state index in [2.05, 4.69) is 4.98 Å². The molecule has 0 unspecified atom stereocenters. The molecule has 1 aliphatic rings. The number of carboxylic acid groups (broad SMARTS) is 1. The van der Waals surface area contributed by atoms with Crippen molar-refractivity contribution in [2.45, 2.75) is 25.3 Å². The second kappa shape index (κ2) is 6.31. The number of aliphatic carboxylic acids is 1. The molecule has 2 atom stereocenters. The van der Waals surface area contributed by atoms with E-state index in [0.29, 0.717) is 29.1 Å². The number of carboxylic acids is 1. The summed E-state index contributed by atoms with van der Waals surface area (Å²) in [5.41, 5.74) is 1.74. The van der Waals surface area contributed by atoms with Gasteiger partial charge in [0.2, 0.25) is 5.88 Å². The summed E-state index contributed by atoms with van der Waals surface area (Å²) in [5.74, 6) is -1.24. The molecular weight excluding hydrogens is 308 g/mol. The molecule has 124 valence electrons. The van der Waals surface area contributed by atoms with Gasteiger partial charge >= 0.3 is 5.97 Å². The molecule has 1 aromatic heterocycles. The Morgan fingerprint density at radius 2 is 2.00 bits per heavy atom. The van der Waals surface area contributed by atoms with Gasteiger partial charge in [0.25, 0.3) is 5.91 Å². The van der Waals surface area contributed by atoms with Crippen molar-refractivity contribution in [3.05, 3.63) is 53.7 Å². The zero-order valence-corrected chi connectivity index (χ0v) is 13.5. The van der Waals surface area contributed by atoms with E-state index >= 15 is 0 Å². The van der Waals surface area contributed by atoms with Crippen molar-refractivity contribution in [3.63, 3.8) is 0 Å². The predicted molar refractivity (Wildman–Crippen MR) is 88.5 cm³/mol. The minimum Gasteiger partial charge on any atom is -0.481 e. The van der Waals surface area contributed by atoms with E-state index in [4.69, 9.17) is 4.74 Å². The summed E-state index contributed by atoms with van der Waals surface area (Å²) in [5, 5.41) is 9.48. The molecule has 0 aliphatic carbocycles. The predicted octanol–water partition coefficient (Wildman–Crippen LogP) is 2.70. The average molecular weight is 326 g/mol. The molecular formula is C18H18N2O4. The number of hydrogen-bond donors (Lipinski definition) is 1. The lowest BCUT2D eigenvalue weighted by Gasteiger charge is -2.38. The maximum atomic E-state index is 12.9. The number of fused-ring (bicyclic) bond motifs is 1. The van der Waals surface area contributed by atoms with Gasteiger partial charge in [-0.3, -0.25) is 9.59 Å². The van der Waals surface area contributed by atoms with Crippen LogP contribution in [0.1, 0.15) is 35.2 Å². The van der Waals surface area contributed by atoms with Crippen LogP contribution in [0, 0.1) is 0 Å². The van der Waals surface area contributed by atoms with Gasteiger partial charge in [0.05, 0.1) is 18.6 Å². The maximum Gasteiger partial charge on any atom is 0.311 e. The molecule has 0 saturated carbocycles. The van der Waals surface area contributed by atoms with Crippen LogP contribution in [0.2, 0.25) is 0 Å². The number of aromatic nitrogens is 1. The number of benzene rings is 1. The van der Waals surface area contributed by atoms with E-state index in [9.17, 15) is 14.7 Å². The van der Waals surface area contributed by atoms with Crippen LogP contribution < -0.4 is 9.64 Å². The van der Waals surface area contributed by atoms with Gasteiger partial charge in [-0.1, -0.05) is 18.2 Å². The number of ether oxygens (including phenoxy) is 1. The Bertz CT molecular complexity index is 773. The Morgan fingerprint density at radius 1 is 1.25 bits per heavy atom. The van der Waals surface area contributed by atoms with Crippen molar-refractivity contribution >= 4 is 17.6 Å². The molecule has 0 radical (unpaired) electrons. The molecule has 6 nitrogen and oxygen atoms in total. The summed E-state index contributed by atoms with van der Waals surface area (Å²) in [7, 11) is 1.51. The number of hydrogen-bond acceptors (Lipinski definition) is 4. The number of para-hydroxylation sites is 1. The third kappa shape index (κ3) is 2.71. The molecule has 1 aliphatic heterocycles. The van der Waals surface area contributed by atoms with E-state index < -0.39 is 11.9 Å². The van der Waals surface area contributed by atoms with Crippen LogP contribution in [0.3, 0.4) is 0 Å².